The van der Waals surface area contributed by atoms with E-state index in [1.165, 1.54) is 41.7 Å². The highest BCUT2D eigenvalue weighted by atomic mass is 16.4. The number of aliphatic carboxylic acids is 3. The van der Waals surface area contributed by atoms with Gasteiger partial charge in [0, 0.05) is 44.2 Å². The van der Waals surface area contributed by atoms with Gasteiger partial charge in [-0.2, -0.15) is 0 Å². The van der Waals surface area contributed by atoms with E-state index in [2.05, 4.69) is 47.2 Å². The summed E-state index contributed by atoms with van der Waals surface area (Å²) in [5, 5.41) is 63.3. The highest BCUT2D eigenvalue weighted by Gasteiger charge is 2.41. The Morgan fingerprint density at radius 1 is 0.699 bits per heavy atom. The fourth-order valence-corrected chi connectivity index (χ4v) is 8.62. The van der Waals surface area contributed by atoms with Gasteiger partial charge in [0.2, 0.25) is 41.4 Å². The Morgan fingerprint density at radius 2 is 1.28 bits per heavy atom. The number of hydrogen-bond donors (Lipinski definition) is 16. The molecule has 0 aliphatic carbocycles. The molecule has 1 aromatic heterocycles. The normalized spacial score (nSPS) is 16.1. The largest absolute Gasteiger partial charge is 0.508 e. The molecule has 456 valence electrons. The van der Waals surface area contributed by atoms with Crippen molar-refractivity contribution in [2.24, 2.45) is 35.0 Å². The Hall–Kier alpha value is -8.66. The van der Waals surface area contributed by atoms with Crippen molar-refractivity contribution in [3.8, 4) is 5.75 Å². The minimum absolute atomic E-state index is 0.00272. The summed E-state index contributed by atoms with van der Waals surface area (Å²) in [6.07, 6.45) is 2.93. The van der Waals surface area contributed by atoms with Gasteiger partial charge in [-0.25, -0.2) is 9.78 Å². The van der Waals surface area contributed by atoms with Crippen molar-refractivity contribution in [1.29, 1.82) is 5.41 Å². The molecule has 2 aromatic carbocycles. The van der Waals surface area contributed by atoms with E-state index in [4.69, 9.17) is 32.8 Å². The molecule has 0 bridgehead atoms. The maximum Gasteiger partial charge on any atom is 0.326 e. The summed E-state index contributed by atoms with van der Waals surface area (Å²) in [6, 6.07) is 3.22. The Bertz CT molecular complexity index is 2660. The Morgan fingerprint density at radius 3 is 1.82 bits per heavy atom. The van der Waals surface area contributed by atoms with E-state index in [0.29, 0.717) is 29.7 Å². The van der Waals surface area contributed by atoms with Gasteiger partial charge < -0.3 is 84.7 Å². The first-order valence-electron chi connectivity index (χ1n) is 27.3. The Labute approximate surface area is 481 Å². The number of aromatic nitrogens is 2. The Balaban J connectivity index is 0.00000209. The summed E-state index contributed by atoms with van der Waals surface area (Å²) in [5.74, 6) is -10.7. The summed E-state index contributed by atoms with van der Waals surface area (Å²) in [6.45, 7) is 10.5. The molecule has 28 nitrogen and oxygen atoms in total. The van der Waals surface area contributed by atoms with Gasteiger partial charge in [-0.3, -0.25) is 48.6 Å². The van der Waals surface area contributed by atoms with Crippen LogP contribution in [0.4, 0.5) is 0 Å². The second kappa shape index (κ2) is 33.9. The van der Waals surface area contributed by atoms with Gasteiger partial charge in [-0.05, 0) is 66.7 Å². The molecule has 83 heavy (non-hydrogen) atoms. The molecule has 0 radical (unpaired) electrons. The average molecular weight is 1160 g/mol. The quantitative estimate of drug-likeness (QED) is 0.0208. The van der Waals surface area contributed by atoms with Gasteiger partial charge >= 0.3 is 17.9 Å². The number of nitrogens with one attached hydrogen (secondary N) is 9. The van der Waals surface area contributed by atoms with Crippen LogP contribution in [0.1, 0.15) is 96.9 Å². The molecule has 1 unspecified atom stereocenters. The van der Waals surface area contributed by atoms with E-state index in [1.54, 1.807) is 71.9 Å². The Kier molecular flexibility index (Phi) is 28.1. The molecule has 1 fully saturated rings. The number of phenols is 1. The number of imidazole rings is 1. The molecule has 1 saturated heterocycles. The van der Waals surface area contributed by atoms with Crippen LogP contribution in [0.3, 0.4) is 0 Å². The highest BCUT2D eigenvalue weighted by molar-refractivity contribution is 5.98. The third-order valence-electron chi connectivity index (χ3n) is 13.7. The number of rotatable bonds is 31. The number of amides is 7. The standard InChI is InChI=1S/C50H71N13O12.C5H11NO2/c1-5-28(4)41(47(72)59-36(23-31-25-54-26-56-31)48(73)63-20-10-14-38(63)45(70)60-37(49(74)75)22-29-11-7-6-8-12-29)62-44(69)35(21-30-15-17-32(64)18-16-30)58-46(71)40(27(2)3)61-43(68)34(13-9-19-55-50(52)53)57-42(67)33(51)24-39(65)66;1-3(2)4(6)5(7)8/h6-8,11-12,15-18,25-28,33-38,40-41,64H,5,9-10,13-14,19-24,51H2,1-4H3,(H,54,56)(H,57,67)(H,58,71)(H,59,72)(H,60,70)(H,61,68)(H,62,69)(H,65,66)(H,74,75)(H4,52,53,55);3-4H,6H2,1-2H3,(H,7,8)/t28-,33-,34-,35-,36-,37-,38-,40-,41-;/m0./s1. The number of nitrogens with two attached hydrogens (primary N) is 3. The minimum atomic E-state index is -1.51. The zero-order valence-corrected chi connectivity index (χ0v) is 47.6. The van der Waals surface area contributed by atoms with E-state index in [-0.39, 0.29) is 69.2 Å². The number of carboxylic acid groups (broad SMARTS) is 3. The maximum atomic E-state index is 14.6. The molecule has 0 saturated carbocycles. The number of carbonyl (C=O) groups is 10. The van der Waals surface area contributed by atoms with Gasteiger partial charge in [0.05, 0.1) is 18.8 Å². The summed E-state index contributed by atoms with van der Waals surface area (Å²) in [4.78, 5) is 140. The van der Waals surface area contributed by atoms with Crippen molar-refractivity contribution in [2.75, 3.05) is 13.1 Å². The molecule has 28 heteroatoms. The predicted molar refractivity (Wildman–Crippen MR) is 302 cm³/mol. The van der Waals surface area contributed by atoms with Gasteiger partial charge in [0.15, 0.2) is 5.96 Å². The number of guanidine groups is 1. The van der Waals surface area contributed by atoms with E-state index < -0.39 is 132 Å². The van der Waals surface area contributed by atoms with E-state index in [9.17, 15) is 58.2 Å². The first-order valence-corrected chi connectivity index (χ1v) is 27.3. The number of hydrogen-bond acceptors (Lipinski definition) is 15. The molecule has 0 spiro atoms. The van der Waals surface area contributed by atoms with Gasteiger partial charge in [-0.15, -0.1) is 0 Å². The van der Waals surface area contributed by atoms with E-state index in [1.807, 2.05) is 0 Å². The lowest BCUT2D eigenvalue weighted by atomic mass is 9.96. The summed E-state index contributed by atoms with van der Waals surface area (Å²) in [7, 11) is 0. The summed E-state index contributed by atoms with van der Waals surface area (Å²) < 4.78 is 0. The molecule has 10 atom stereocenters. The predicted octanol–water partition coefficient (Wildman–Crippen LogP) is -1.05. The molecular formula is C55H82N14O14. The summed E-state index contributed by atoms with van der Waals surface area (Å²) in [5.41, 5.74) is 17.9. The van der Waals surface area contributed by atoms with Gasteiger partial charge in [-0.1, -0.05) is 90.4 Å². The van der Waals surface area contributed by atoms with E-state index >= 15 is 0 Å². The first-order chi connectivity index (χ1) is 39.1. The van der Waals surface area contributed by atoms with Crippen LogP contribution in [0.25, 0.3) is 0 Å². The van der Waals surface area contributed by atoms with Crippen molar-refractivity contribution in [2.45, 2.75) is 154 Å². The number of likely N-dealkylation sites (tertiary alicyclic amines) is 1. The third kappa shape index (κ3) is 23.0. The van der Waals surface area contributed by atoms with Gasteiger partial charge in [0.25, 0.3) is 0 Å². The molecule has 3 aromatic rings. The summed E-state index contributed by atoms with van der Waals surface area (Å²) >= 11 is 0. The molecule has 1 aliphatic rings. The number of aromatic hydroxyl groups is 1. The zero-order valence-electron chi connectivity index (χ0n) is 47.6. The minimum Gasteiger partial charge on any atom is -0.508 e. The lowest BCUT2D eigenvalue weighted by molar-refractivity contribution is -0.145. The molecular weight excluding hydrogens is 1080 g/mol. The maximum absolute atomic E-state index is 14.6. The van der Waals surface area contributed by atoms with E-state index in [0.717, 1.165) is 0 Å². The van der Waals surface area contributed by atoms with Gasteiger partial charge in [0.1, 0.15) is 54.1 Å². The number of carboxylic acids is 3. The second-order valence-corrected chi connectivity index (χ2v) is 21.0. The monoisotopic (exact) mass is 1160 g/mol. The lowest BCUT2D eigenvalue weighted by Crippen LogP contribution is -2.62. The SMILES string of the molecule is CC(C)C(N)C(=O)O.CC[C@H](C)[C@H](NC(=O)[C@H](Cc1ccc(O)cc1)NC(=O)[C@@H](NC(=O)[C@H](CCCNC(=N)N)NC(=O)[C@@H](N)CC(=O)O)C(C)C)C(=O)N[C@@H](Cc1cnc[nH]1)C(=O)N1CCC[C@H]1C(=O)N[C@@H](Cc1ccccc1)C(=O)O. The van der Waals surface area contributed by atoms with Crippen LogP contribution in [0, 0.1) is 23.2 Å². The number of phenolic OH excluding ortho intramolecular Hbond substituents is 1. The number of aromatic amines is 1. The van der Waals surface area contributed by atoms with Crippen molar-refractivity contribution < 1.29 is 68.4 Å². The van der Waals surface area contributed by atoms with Crippen molar-refractivity contribution in [1.82, 2.24) is 52.1 Å². The zero-order chi connectivity index (χ0) is 62.1. The number of H-pyrrole nitrogens is 1. The second-order valence-electron chi connectivity index (χ2n) is 21.0. The number of benzene rings is 2. The third-order valence-corrected chi connectivity index (χ3v) is 13.7. The molecule has 7 amide bonds. The smallest absolute Gasteiger partial charge is 0.326 e. The van der Waals surface area contributed by atoms with Crippen LogP contribution in [-0.2, 0) is 67.2 Å². The number of nitrogens with zero attached hydrogens (tertiary/aromatic N) is 2. The van der Waals surface area contributed by atoms with Crippen molar-refractivity contribution in [3.05, 3.63) is 83.9 Å². The van der Waals surface area contributed by atoms with Crippen LogP contribution in [0.15, 0.2) is 67.1 Å². The average Bonchev–Trinajstić information content (AvgIpc) is 4.35. The molecule has 2 heterocycles. The lowest BCUT2D eigenvalue weighted by Gasteiger charge is -2.32. The molecule has 1 aliphatic heterocycles. The molecule has 19 N–H and O–H groups in total. The highest BCUT2D eigenvalue weighted by Crippen LogP contribution is 2.21. The van der Waals surface area contributed by atoms with Crippen LogP contribution in [0.2, 0.25) is 0 Å². The van der Waals surface area contributed by atoms with Crippen LogP contribution >= 0.6 is 0 Å². The van der Waals surface area contributed by atoms with Crippen LogP contribution in [-0.4, -0.2) is 168 Å². The fraction of sp³-hybridized carbons (Fsp3) is 0.527. The fourth-order valence-electron chi connectivity index (χ4n) is 8.62. The van der Waals surface area contributed by atoms with Crippen molar-refractivity contribution >= 4 is 65.2 Å². The van der Waals surface area contributed by atoms with Crippen LogP contribution in [0.5, 0.6) is 5.75 Å². The first kappa shape index (κ1) is 68.6. The van der Waals surface area contributed by atoms with Crippen LogP contribution < -0.4 is 54.4 Å². The van der Waals surface area contributed by atoms with Crippen molar-refractivity contribution in [3.63, 3.8) is 0 Å². The molecule has 4 rings (SSSR count). The number of carbonyl (C=O) groups excluding carboxylic acids is 7. The topological polar surface area (TPSA) is 470 Å².